The number of fused-ring (bicyclic) bond motifs is 4. The number of ether oxygens (including phenoxy) is 4. The molecule has 0 fully saturated rings. The summed E-state index contributed by atoms with van der Waals surface area (Å²) in [6.45, 7) is 8.79. The summed E-state index contributed by atoms with van der Waals surface area (Å²) in [5, 5.41) is 18.5. The number of nitrogens with zero attached hydrogens (tertiary/aromatic N) is 4. The number of allylic oxidation sites excluding steroid dienone is 1. The van der Waals surface area contributed by atoms with Gasteiger partial charge in [-0.15, -0.1) is 0 Å². The van der Waals surface area contributed by atoms with Gasteiger partial charge in [-0.05, 0) is 132 Å². The van der Waals surface area contributed by atoms with E-state index in [0.717, 1.165) is 86.1 Å². The third-order valence-corrected chi connectivity index (χ3v) is 15.1. The van der Waals surface area contributed by atoms with Crippen molar-refractivity contribution in [1.82, 2.24) is 0 Å². The largest absolute Gasteiger partial charge is 0.513 e. The Morgan fingerprint density at radius 1 is 0.405 bits per heavy atom. The second kappa shape index (κ2) is 21.9. The summed E-state index contributed by atoms with van der Waals surface area (Å²) in [5.41, 5.74) is 10.9. The number of carboxylic acids is 1. The molecule has 11 nitrogen and oxygen atoms in total. The van der Waals surface area contributed by atoms with Crippen LogP contribution < -0.4 is 38.5 Å². The normalized spacial score (nSPS) is 14.3. The van der Waals surface area contributed by atoms with E-state index < -0.39 is 5.97 Å². The summed E-state index contributed by atoms with van der Waals surface area (Å²) in [5.74, 6) is 3.07. The van der Waals surface area contributed by atoms with Gasteiger partial charge < -0.3 is 48.8 Å². The Morgan fingerprint density at radius 3 is 1.00 bits per heavy atom. The van der Waals surface area contributed by atoms with Crippen molar-refractivity contribution in [2.45, 2.75) is 58.6 Å². The van der Waals surface area contributed by atoms with Gasteiger partial charge in [-0.1, -0.05) is 90.8 Å². The summed E-state index contributed by atoms with van der Waals surface area (Å²) in [7, 11) is 0. The lowest BCUT2D eigenvalue weighted by Crippen LogP contribution is -2.31. The van der Waals surface area contributed by atoms with E-state index in [0.29, 0.717) is 39.9 Å². The van der Waals surface area contributed by atoms with Crippen LogP contribution in [0, 0.1) is 0 Å². The molecule has 0 unspecified atom stereocenters. The maximum absolute atomic E-state index is 11.0. The van der Waals surface area contributed by atoms with Gasteiger partial charge in [0.15, 0.2) is 26.9 Å². The molecular formula is C61H54N4O7S2. The Kier molecular flexibility index (Phi) is 14.3. The number of aliphatic hydroxyl groups is 1. The molecule has 0 atom stereocenters. The van der Waals surface area contributed by atoms with Crippen LogP contribution in [0.15, 0.2) is 214 Å². The summed E-state index contributed by atoms with van der Waals surface area (Å²) in [6, 6.07) is 62.2. The van der Waals surface area contributed by atoms with Gasteiger partial charge in [0, 0.05) is 97.2 Å². The summed E-state index contributed by atoms with van der Waals surface area (Å²) >= 11 is 3.49. The van der Waals surface area contributed by atoms with Crippen LogP contribution in [0.4, 0.5) is 22.7 Å². The lowest BCUT2D eigenvalue weighted by molar-refractivity contribution is -0.136. The van der Waals surface area contributed by atoms with E-state index in [1.165, 1.54) is 32.3 Å². The molecule has 0 aromatic heterocycles. The van der Waals surface area contributed by atoms with E-state index in [2.05, 4.69) is 135 Å². The number of carboxylic acid groups (broad SMARTS) is 1. The quantitative estimate of drug-likeness (QED) is 0.114. The minimum atomic E-state index is -0.835. The molecule has 372 valence electrons. The molecule has 4 heterocycles. The molecule has 0 radical (unpaired) electrons. The Hall–Kier alpha value is -8.13. The number of rotatable bonds is 12. The first-order valence-electron chi connectivity index (χ1n) is 24.5. The first-order valence-corrected chi connectivity index (χ1v) is 26.1. The van der Waals surface area contributed by atoms with Crippen LogP contribution in [0.2, 0.25) is 0 Å². The van der Waals surface area contributed by atoms with Gasteiger partial charge in [-0.25, -0.2) is 0 Å². The van der Waals surface area contributed by atoms with Gasteiger partial charge in [-0.3, -0.25) is 4.79 Å². The van der Waals surface area contributed by atoms with E-state index in [1.54, 1.807) is 23.5 Å². The van der Waals surface area contributed by atoms with Crippen LogP contribution in [0.1, 0.15) is 33.4 Å². The zero-order valence-electron chi connectivity index (χ0n) is 40.6. The Morgan fingerprint density at radius 2 is 0.703 bits per heavy atom. The van der Waals surface area contributed by atoms with Crippen molar-refractivity contribution in [2.75, 3.05) is 46.5 Å². The predicted octanol–water partition coefficient (Wildman–Crippen LogP) is 13.3. The van der Waals surface area contributed by atoms with Crippen molar-refractivity contribution in [3.8, 4) is 23.0 Å². The Balaban J connectivity index is 0.000000162. The molecule has 4 aliphatic rings. The molecule has 8 aromatic carbocycles. The van der Waals surface area contributed by atoms with E-state index in [-0.39, 0.29) is 12.2 Å². The summed E-state index contributed by atoms with van der Waals surface area (Å²) in [6.07, 6.45) is 0.469. The highest BCUT2D eigenvalue weighted by Gasteiger charge is 2.23. The van der Waals surface area contributed by atoms with E-state index in [9.17, 15) is 9.90 Å². The van der Waals surface area contributed by atoms with Crippen LogP contribution in [-0.2, 0) is 43.8 Å². The fraction of sp³-hybridized carbons (Fsp3) is 0.164. The highest BCUT2D eigenvalue weighted by molar-refractivity contribution is 7.99. The van der Waals surface area contributed by atoms with Crippen molar-refractivity contribution >= 4 is 52.2 Å². The summed E-state index contributed by atoms with van der Waals surface area (Å²) in [4.78, 5) is 24.5. The van der Waals surface area contributed by atoms with Gasteiger partial charge in [0.25, 0.3) is 0 Å². The van der Waals surface area contributed by atoms with Gasteiger partial charge in [-0.2, -0.15) is 0 Å². The Bertz CT molecular complexity index is 3070. The maximum atomic E-state index is 11.0. The maximum Gasteiger partial charge on any atom is 0.307 e. The molecule has 4 aliphatic heterocycles. The van der Waals surface area contributed by atoms with Gasteiger partial charge in [0.05, 0.1) is 12.2 Å². The average molecular weight is 1020 g/mol. The van der Waals surface area contributed by atoms with Crippen LogP contribution >= 0.6 is 23.5 Å². The molecule has 0 bridgehead atoms. The number of hydrogen-bond donors (Lipinski definition) is 2. The van der Waals surface area contributed by atoms with Gasteiger partial charge >= 0.3 is 5.97 Å². The Labute approximate surface area is 439 Å². The third kappa shape index (κ3) is 11.5. The second-order valence-corrected chi connectivity index (χ2v) is 20.8. The topological polar surface area (TPSA) is 107 Å². The van der Waals surface area contributed by atoms with Crippen LogP contribution in [-0.4, -0.2) is 43.1 Å². The minimum absolute atomic E-state index is 0.0162. The monoisotopic (exact) mass is 1020 g/mol. The standard InChI is InChI=1S/C33H30N2O5S.C28H24N2O2S/c1-22(36)14-23-2-6-27(7-3-23)34-18-25-16-29(10-12-31(25)39-20-34)41-30-11-13-32-26(17-30)19-35(21-40-32)28-8-4-24(5-9-28)15-33(37)38;1-3-7-23(8-4-1)29-17-21-15-25(11-13-27(21)31-19-29)33-26-12-14-28-22(16-26)18-30(20-32-28)24-9-5-2-6-10-24/h2-13,16-17,36H,1,14-15,18-21H2,(H,37,38);1-16H,17-20H2. The van der Waals surface area contributed by atoms with Crippen molar-refractivity contribution in [1.29, 1.82) is 0 Å². The molecular weight excluding hydrogens is 965 g/mol. The smallest absolute Gasteiger partial charge is 0.307 e. The highest BCUT2D eigenvalue weighted by Crippen LogP contribution is 2.40. The zero-order valence-corrected chi connectivity index (χ0v) is 42.3. The number of aliphatic carboxylic acids is 1. The van der Waals surface area contributed by atoms with Crippen molar-refractivity contribution in [2.24, 2.45) is 0 Å². The first kappa shape index (κ1) is 48.2. The van der Waals surface area contributed by atoms with Crippen molar-refractivity contribution in [3.63, 3.8) is 0 Å². The van der Waals surface area contributed by atoms with Crippen LogP contribution in [0.3, 0.4) is 0 Å². The lowest BCUT2D eigenvalue weighted by Gasteiger charge is -2.31. The van der Waals surface area contributed by atoms with Gasteiger partial charge in [0.1, 0.15) is 23.0 Å². The number of anilines is 4. The number of aliphatic hydroxyl groups excluding tert-OH is 1. The molecule has 8 aromatic rings. The van der Waals surface area contributed by atoms with Crippen LogP contribution in [0.5, 0.6) is 23.0 Å². The summed E-state index contributed by atoms with van der Waals surface area (Å²) < 4.78 is 24.1. The molecule has 12 rings (SSSR count). The van der Waals surface area contributed by atoms with Crippen LogP contribution in [0.25, 0.3) is 0 Å². The molecule has 0 aliphatic carbocycles. The lowest BCUT2D eigenvalue weighted by atomic mass is 10.1. The third-order valence-electron chi connectivity index (χ3n) is 13.2. The molecule has 0 amide bonds. The highest BCUT2D eigenvalue weighted by atomic mass is 32.2. The molecule has 13 heteroatoms. The molecule has 0 saturated heterocycles. The first-order chi connectivity index (χ1) is 36.2. The van der Waals surface area contributed by atoms with Gasteiger partial charge in [0.2, 0.25) is 0 Å². The van der Waals surface area contributed by atoms with E-state index >= 15 is 0 Å². The average Bonchev–Trinajstić information content (AvgIpc) is 3.43. The van der Waals surface area contributed by atoms with E-state index in [4.69, 9.17) is 24.1 Å². The fourth-order valence-electron chi connectivity index (χ4n) is 9.40. The fourth-order valence-corrected chi connectivity index (χ4v) is 11.3. The second-order valence-electron chi connectivity index (χ2n) is 18.5. The molecule has 0 saturated carbocycles. The zero-order chi connectivity index (χ0) is 50.4. The number of carbonyl (C=O) groups is 1. The van der Waals surface area contributed by atoms with E-state index in [1.807, 2.05) is 72.8 Å². The minimum Gasteiger partial charge on any atom is -0.513 e. The number of para-hydroxylation sites is 2. The molecule has 2 N–H and O–H groups in total. The van der Waals surface area contributed by atoms with Crippen molar-refractivity contribution in [3.05, 3.63) is 228 Å². The number of benzene rings is 8. The van der Waals surface area contributed by atoms with Crippen molar-refractivity contribution < 1.29 is 34.0 Å². The molecule has 74 heavy (non-hydrogen) atoms. The molecule has 0 spiro atoms. The number of hydrogen-bond acceptors (Lipinski definition) is 12. The SMILES string of the molecule is C=C(O)Cc1ccc(N2COc3ccc(Sc4ccc5c(c4)CN(c4ccc(CC(=O)O)cc4)CO5)cc3C2)cc1.c1ccc(N2COc3ccc(Sc4ccc5c(c4)CN(c4ccccc4)CO5)cc3C2)cc1. The predicted molar refractivity (Wildman–Crippen MR) is 293 cm³/mol.